The summed E-state index contributed by atoms with van der Waals surface area (Å²) in [5, 5.41) is 2.15. The lowest BCUT2D eigenvalue weighted by Crippen LogP contribution is -2.35. The highest BCUT2D eigenvalue weighted by molar-refractivity contribution is 8.03. The summed E-state index contributed by atoms with van der Waals surface area (Å²) in [5.41, 5.74) is 3.13. The van der Waals surface area contributed by atoms with Crippen LogP contribution in [0.15, 0.2) is 10.9 Å². The second-order valence-electron chi connectivity index (χ2n) is 3.70. The van der Waals surface area contributed by atoms with Crippen LogP contribution in [0.2, 0.25) is 0 Å². The number of hydrogen-bond donors (Lipinski definition) is 0. The molecule has 0 aromatic carbocycles. The molecule has 0 atom stereocenters. The Hall–Kier alpha value is 0.290. The summed E-state index contributed by atoms with van der Waals surface area (Å²) in [4.78, 5) is 6.78. The highest BCUT2D eigenvalue weighted by Crippen LogP contribution is 2.20. The molecule has 84 valence electrons. The Balaban J connectivity index is 1.86. The molecule has 0 amide bonds. The second kappa shape index (κ2) is 6.13. The van der Waals surface area contributed by atoms with Crippen molar-refractivity contribution in [3.05, 3.63) is 16.6 Å². The first-order valence-corrected chi connectivity index (χ1v) is 8.34. The minimum atomic E-state index is 0.712. The van der Waals surface area contributed by atoms with E-state index in [9.17, 15) is 0 Å². The fourth-order valence-electron chi connectivity index (χ4n) is 1.56. The van der Waals surface area contributed by atoms with Crippen molar-refractivity contribution in [2.45, 2.75) is 12.6 Å². The van der Waals surface area contributed by atoms with E-state index >= 15 is 0 Å². The monoisotopic (exact) mass is 260 g/mol. The molecule has 1 aromatic rings. The van der Waals surface area contributed by atoms with Crippen LogP contribution in [-0.2, 0) is 6.54 Å². The molecule has 0 bridgehead atoms. The van der Waals surface area contributed by atoms with Gasteiger partial charge in [0.25, 0.3) is 0 Å². The van der Waals surface area contributed by atoms with Crippen LogP contribution >= 0.6 is 34.9 Å². The van der Waals surface area contributed by atoms with Gasteiger partial charge in [-0.2, -0.15) is 23.5 Å². The van der Waals surface area contributed by atoms with Gasteiger partial charge in [0.2, 0.25) is 0 Å². The fourth-order valence-corrected chi connectivity index (χ4v) is 4.82. The van der Waals surface area contributed by atoms with Gasteiger partial charge in [0.15, 0.2) is 0 Å². The van der Waals surface area contributed by atoms with Gasteiger partial charge in [-0.15, -0.1) is 11.3 Å². The van der Waals surface area contributed by atoms with Gasteiger partial charge in [-0.05, 0) is 7.05 Å². The van der Waals surface area contributed by atoms with Gasteiger partial charge in [0.1, 0.15) is 0 Å². The number of thiazole rings is 1. The van der Waals surface area contributed by atoms with Crippen LogP contribution in [0.1, 0.15) is 5.69 Å². The third kappa shape index (κ3) is 3.66. The van der Waals surface area contributed by atoms with Crippen molar-refractivity contribution < 1.29 is 0 Å². The molecule has 15 heavy (non-hydrogen) atoms. The van der Waals surface area contributed by atoms with Crippen LogP contribution in [0.3, 0.4) is 0 Å². The van der Waals surface area contributed by atoms with Crippen LogP contribution in [0, 0.1) is 0 Å². The summed E-state index contributed by atoms with van der Waals surface area (Å²) in [6, 6.07) is 0.712. The summed E-state index contributed by atoms with van der Waals surface area (Å²) in [6.45, 7) is 0.995. The van der Waals surface area contributed by atoms with Gasteiger partial charge in [-0.25, -0.2) is 4.98 Å². The molecule has 0 saturated carbocycles. The van der Waals surface area contributed by atoms with Crippen molar-refractivity contribution in [1.82, 2.24) is 9.88 Å². The van der Waals surface area contributed by atoms with Gasteiger partial charge >= 0.3 is 0 Å². The predicted octanol–water partition coefficient (Wildman–Crippen LogP) is 2.42. The molecule has 2 rings (SSSR count). The zero-order chi connectivity index (χ0) is 10.5. The van der Waals surface area contributed by atoms with Crippen LogP contribution < -0.4 is 0 Å². The lowest BCUT2D eigenvalue weighted by molar-refractivity contribution is 0.271. The SMILES string of the molecule is CN(Cc1cscn1)C1CSCCSC1. The quantitative estimate of drug-likeness (QED) is 0.829. The first-order chi connectivity index (χ1) is 7.36. The van der Waals surface area contributed by atoms with Crippen molar-refractivity contribution in [3.63, 3.8) is 0 Å². The van der Waals surface area contributed by atoms with Crippen molar-refractivity contribution in [3.8, 4) is 0 Å². The van der Waals surface area contributed by atoms with Crippen molar-refractivity contribution >= 4 is 34.9 Å². The van der Waals surface area contributed by atoms with Crippen molar-refractivity contribution in [1.29, 1.82) is 0 Å². The summed E-state index contributed by atoms with van der Waals surface area (Å²) >= 11 is 5.85. The number of hydrogen-bond acceptors (Lipinski definition) is 5. The maximum absolute atomic E-state index is 4.34. The number of nitrogens with zero attached hydrogens (tertiary/aromatic N) is 2. The van der Waals surface area contributed by atoms with Crippen LogP contribution in [0.5, 0.6) is 0 Å². The van der Waals surface area contributed by atoms with E-state index in [0.29, 0.717) is 6.04 Å². The average Bonchev–Trinajstić information content (AvgIpc) is 2.58. The summed E-state index contributed by atoms with van der Waals surface area (Å²) < 4.78 is 0. The van der Waals surface area contributed by atoms with Crippen molar-refractivity contribution in [2.75, 3.05) is 30.1 Å². The molecule has 1 aliphatic heterocycles. The van der Waals surface area contributed by atoms with E-state index in [1.807, 2.05) is 5.51 Å². The molecule has 1 saturated heterocycles. The highest BCUT2D eigenvalue weighted by Gasteiger charge is 2.17. The molecule has 1 aromatic heterocycles. The topological polar surface area (TPSA) is 16.1 Å². The molecule has 0 N–H and O–H groups in total. The van der Waals surface area contributed by atoms with Crippen LogP contribution in [0.4, 0.5) is 0 Å². The second-order valence-corrected chi connectivity index (χ2v) is 6.72. The molecule has 0 aliphatic carbocycles. The average molecular weight is 260 g/mol. The van der Waals surface area contributed by atoms with Crippen molar-refractivity contribution in [2.24, 2.45) is 0 Å². The molecule has 5 heteroatoms. The van der Waals surface area contributed by atoms with Gasteiger partial charge in [-0.3, -0.25) is 4.90 Å². The van der Waals surface area contributed by atoms with E-state index in [2.05, 4.69) is 45.8 Å². The normalized spacial score (nSPS) is 19.3. The summed E-state index contributed by atoms with van der Waals surface area (Å²) in [6.07, 6.45) is 0. The minimum Gasteiger partial charge on any atom is -0.296 e. The first kappa shape index (κ1) is 11.8. The van der Waals surface area contributed by atoms with E-state index in [0.717, 1.165) is 6.54 Å². The largest absolute Gasteiger partial charge is 0.296 e. The molecule has 0 unspecified atom stereocenters. The van der Waals surface area contributed by atoms with Gasteiger partial charge in [0, 0.05) is 41.0 Å². The molecular formula is C10H16N2S3. The standard InChI is InChI=1S/C10H16N2S3/c1-12(4-9-5-15-8-11-9)10-6-13-2-3-14-7-10/h5,8,10H,2-4,6-7H2,1H3. The van der Waals surface area contributed by atoms with Gasteiger partial charge in [-0.1, -0.05) is 0 Å². The number of thioether (sulfide) groups is 2. The Morgan fingerprint density at radius 2 is 2.13 bits per heavy atom. The number of aromatic nitrogens is 1. The Morgan fingerprint density at radius 3 is 2.73 bits per heavy atom. The van der Waals surface area contributed by atoms with Crippen LogP contribution in [0.25, 0.3) is 0 Å². The van der Waals surface area contributed by atoms with Gasteiger partial charge in [0.05, 0.1) is 11.2 Å². The van der Waals surface area contributed by atoms with E-state index < -0.39 is 0 Å². The summed E-state index contributed by atoms with van der Waals surface area (Å²) in [7, 11) is 2.22. The lowest BCUT2D eigenvalue weighted by atomic mass is 10.3. The lowest BCUT2D eigenvalue weighted by Gasteiger charge is -2.25. The molecule has 0 spiro atoms. The van der Waals surface area contributed by atoms with E-state index in [1.54, 1.807) is 11.3 Å². The molecule has 1 fully saturated rings. The Morgan fingerprint density at radius 1 is 1.40 bits per heavy atom. The Kier molecular flexibility index (Phi) is 4.81. The third-order valence-corrected chi connectivity index (χ3v) is 5.63. The van der Waals surface area contributed by atoms with E-state index in [4.69, 9.17) is 0 Å². The highest BCUT2D eigenvalue weighted by atomic mass is 32.2. The summed E-state index contributed by atoms with van der Waals surface area (Å²) in [5.74, 6) is 5.17. The minimum absolute atomic E-state index is 0.712. The van der Waals surface area contributed by atoms with E-state index in [-0.39, 0.29) is 0 Å². The molecule has 2 heterocycles. The van der Waals surface area contributed by atoms with Gasteiger partial charge < -0.3 is 0 Å². The molecule has 0 radical (unpaired) electrons. The zero-order valence-corrected chi connectivity index (χ0v) is 11.3. The van der Waals surface area contributed by atoms with Crippen LogP contribution in [-0.4, -0.2) is 46.0 Å². The Labute approximate surface area is 104 Å². The smallest absolute Gasteiger partial charge is 0.0795 e. The predicted molar refractivity (Wildman–Crippen MR) is 72.0 cm³/mol. The fraction of sp³-hybridized carbons (Fsp3) is 0.700. The Bertz CT molecular complexity index is 268. The molecule has 1 aliphatic rings. The first-order valence-electron chi connectivity index (χ1n) is 5.09. The zero-order valence-electron chi connectivity index (χ0n) is 8.89. The maximum Gasteiger partial charge on any atom is 0.0795 e. The molecular weight excluding hydrogens is 244 g/mol. The van der Waals surface area contributed by atoms with E-state index in [1.165, 1.54) is 28.7 Å². The number of rotatable bonds is 3. The maximum atomic E-state index is 4.34. The third-order valence-electron chi connectivity index (χ3n) is 2.51. The molecule has 2 nitrogen and oxygen atoms in total.